The maximum atomic E-state index is 11.7. The summed E-state index contributed by atoms with van der Waals surface area (Å²) in [6, 6.07) is -0.308. The summed E-state index contributed by atoms with van der Waals surface area (Å²) in [6.07, 6.45) is 8.40. The van der Waals surface area contributed by atoms with Crippen LogP contribution < -0.4 is 5.32 Å². The molecule has 0 aliphatic carbocycles. The molecule has 19 heavy (non-hydrogen) atoms. The maximum absolute atomic E-state index is 11.7. The van der Waals surface area contributed by atoms with Gasteiger partial charge in [-0.15, -0.1) is 12.3 Å². The van der Waals surface area contributed by atoms with Crippen molar-refractivity contribution in [2.75, 3.05) is 0 Å². The van der Waals surface area contributed by atoms with Crippen molar-refractivity contribution in [3.63, 3.8) is 0 Å². The highest BCUT2D eigenvalue weighted by Gasteiger charge is 2.22. The van der Waals surface area contributed by atoms with Crippen LogP contribution in [0, 0.1) is 17.8 Å². The van der Waals surface area contributed by atoms with Gasteiger partial charge in [0.25, 0.3) is 0 Å². The van der Waals surface area contributed by atoms with Gasteiger partial charge >= 0.3 is 5.97 Å². The predicted molar refractivity (Wildman–Crippen MR) is 75.6 cm³/mol. The third-order valence-electron chi connectivity index (χ3n) is 2.62. The first-order chi connectivity index (χ1) is 8.74. The van der Waals surface area contributed by atoms with E-state index in [4.69, 9.17) is 11.5 Å². The Morgan fingerprint density at radius 3 is 2.42 bits per heavy atom. The van der Waals surface area contributed by atoms with Crippen LogP contribution >= 0.6 is 0 Å². The van der Waals surface area contributed by atoms with Crippen molar-refractivity contribution >= 4 is 11.9 Å². The molecule has 0 aromatic heterocycles. The summed E-state index contributed by atoms with van der Waals surface area (Å²) in [5.74, 6) is 1.55. The Morgan fingerprint density at radius 2 is 1.95 bits per heavy atom. The molecule has 0 aromatic rings. The molecule has 0 bridgehead atoms. The summed E-state index contributed by atoms with van der Waals surface area (Å²) < 4.78 is 0. The second kappa shape index (κ2) is 8.58. The van der Waals surface area contributed by atoms with Gasteiger partial charge in [-0.05, 0) is 24.7 Å². The Kier molecular flexibility index (Phi) is 7.90. The van der Waals surface area contributed by atoms with Gasteiger partial charge in [0, 0.05) is 18.9 Å². The van der Waals surface area contributed by atoms with E-state index in [0.29, 0.717) is 19.3 Å². The van der Waals surface area contributed by atoms with Crippen LogP contribution in [0.15, 0.2) is 0 Å². The second-order valence-electron chi connectivity index (χ2n) is 6.04. The number of terminal acetylenes is 1. The van der Waals surface area contributed by atoms with Crippen molar-refractivity contribution in [2.24, 2.45) is 5.41 Å². The maximum Gasteiger partial charge on any atom is 0.305 e. The van der Waals surface area contributed by atoms with Gasteiger partial charge in [-0.3, -0.25) is 9.59 Å². The largest absolute Gasteiger partial charge is 0.481 e. The van der Waals surface area contributed by atoms with Gasteiger partial charge in [0.1, 0.15) is 0 Å². The molecule has 1 amide bonds. The van der Waals surface area contributed by atoms with Crippen LogP contribution in [0.1, 0.15) is 59.3 Å². The number of carbonyl (C=O) groups excluding carboxylic acids is 1. The van der Waals surface area contributed by atoms with Gasteiger partial charge < -0.3 is 10.4 Å². The molecule has 0 aromatic carbocycles. The zero-order valence-corrected chi connectivity index (χ0v) is 12.2. The number of amides is 1. The number of nitrogens with one attached hydrogen (secondary N) is 1. The fourth-order valence-corrected chi connectivity index (χ4v) is 1.94. The van der Waals surface area contributed by atoms with Gasteiger partial charge in [0.2, 0.25) is 5.91 Å². The van der Waals surface area contributed by atoms with Crippen LogP contribution in [0.3, 0.4) is 0 Å². The molecule has 4 heteroatoms. The lowest BCUT2D eigenvalue weighted by atomic mass is 9.87. The van der Waals surface area contributed by atoms with Gasteiger partial charge in [-0.25, -0.2) is 0 Å². The zero-order chi connectivity index (χ0) is 14.9. The summed E-state index contributed by atoms with van der Waals surface area (Å²) in [7, 11) is 0. The summed E-state index contributed by atoms with van der Waals surface area (Å²) >= 11 is 0. The molecule has 0 fully saturated rings. The first kappa shape index (κ1) is 17.5. The average molecular weight is 267 g/mol. The Balaban J connectivity index is 4.20. The van der Waals surface area contributed by atoms with Crippen molar-refractivity contribution in [1.82, 2.24) is 5.32 Å². The Morgan fingerprint density at radius 1 is 1.32 bits per heavy atom. The predicted octanol–water partition coefficient (Wildman–Crippen LogP) is 2.58. The summed E-state index contributed by atoms with van der Waals surface area (Å²) in [6.45, 7) is 6.09. The lowest BCUT2D eigenvalue weighted by molar-refractivity contribution is -0.137. The highest BCUT2D eigenvalue weighted by atomic mass is 16.4. The van der Waals surface area contributed by atoms with E-state index in [1.54, 1.807) is 0 Å². The number of carbonyl (C=O) groups is 2. The normalized spacial score (nSPS) is 12.5. The van der Waals surface area contributed by atoms with Gasteiger partial charge in [-0.2, -0.15) is 0 Å². The van der Waals surface area contributed by atoms with Crippen molar-refractivity contribution in [2.45, 2.75) is 65.3 Å². The molecule has 0 heterocycles. The summed E-state index contributed by atoms with van der Waals surface area (Å²) in [4.78, 5) is 22.5. The van der Waals surface area contributed by atoms with E-state index in [-0.39, 0.29) is 23.8 Å². The van der Waals surface area contributed by atoms with E-state index >= 15 is 0 Å². The zero-order valence-electron chi connectivity index (χ0n) is 12.2. The molecule has 0 rings (SSSR count). The lowest BCUT2D eigenvalue weighted by Gasteiger charge is -2.25. The minimum absolute atomic E-state index is 0.0170. The van der Waals surface area contributed by atoms with Crippen LogP contribution in [0.4, 0.5) is 0 Å². The molecule has 1 unspecified atom stereocenters. The number of hydrogen-bond donors (Lipinski definition) is 2. The standard InChI is InChI=1S/C15H25NO3/c1-5-6-7-8-9-13(17)16-12(10-14(18)19)11-15(2,3)4/h1,12H,6-11H2,2-4H3,(H,16,17)(H,18,19). The minimum Gasteiger partial charge on any atom is -0.481 e. The van der Waals surface area contributed by atoms with Crippen LogP contribution in [0.2, 0.25) is 0 Å². The molecular formula is C15H25NO3. The molecule has 2 N–H and O–H groups in total. The fraction of sp³-hybridized carbons (Fsp3) is 0.733. The summed E-state index contributed by atoms with van der Waals surface area (Å²) in [5.41, 5.74) is -0.0170. The van der Waals surface area contributed by atoms with Gasteiger partial charge in [0.15, 0.2) is 0 Å². The molecule has 0 saturated carbocycles. The third-order valence-corrected chi connectivity index (χ3v) is 2.62. The Labute approximate surface area is 116 Å². The van der Waals surface area contributed by atoms with Crippen LogP contribution in [-0.2, 0) is 9.59 Å². The SMILES string of the molecule is C#CCCCCC(=O)NC(CC(=O)O)CC(C)(C)C. The highest BCUT2D eigenvalue weighted by Crippen LogP contribution is 2.22. The molecule has 0 saturated heterocycles. The lowest BCUT2D eigenvalue weighted by Crippen LogP contribution is -2.38. The number of rotatable bonds is 8. The quantitative estimate of drug-likeness (QED) is 0.524. The van der Waals surface area contributed by atoms with Crippen LogP contribution in [-0.4, -0.2) is 23.0 Å². The van der Waals surface area contributed by atoms with Crippen molar-refractivity contribution in [3.05, 3.63) is 0 Å². The highest BCUT2D eigenvalue weighted by molar-refractivity contribution is 5.77. The second-order valence-corrected chi connectivity index (χ2v) is 6.04. The fourth-order valence-electron chi connectivity index (χ4n) is 1.94. The Hall–Kier alpha value is -1.50. The molecule has 0 aliphatic rings. The molecule has 1 atom stereocenters. The first-order valence-electron chi connectivity index (χ1n) is 6.69. The van der Waals surface area contributed by atoms with Crippen molar-refractivity contribution in [3.8, 4) is 12.3 Å². The molecule has 0 spiro atoms. The van der Waals surface area contributed by atoms with E-state index in [0.717, 1.165) is 12.8 Å². The van der Waals surface area contributed by atoms with E-state index < -0.39 is 5.97 Å². The van der Waals surface area contributed by atoms with Gasteiger partial charge in [0.05, 0.1) is 6.42 Å². The van der Waals surface area contributed by atoms with Crippen LogP contribution in [0.25, 0.3) is 0 Å². The molecule has 0 aliphatic heterocycles. The number of aliphatic carboxylic acids is 1. The molecular weight excluding hydrogens is 242 g/mol. The number of hydrogen-bond acceptors (Lipinski definition) is 2. The monoisotopic (exact) mass is 267 g/mol. The van der Waals surface area contributed by atoms with Gasteiger partial charge in [-0.1, -0.05) is 20.8 Å². The van der Waals surface area contributed by atoms with Crippen molar-refractivity contribution in [1.29, 1.82) is 0 Å². The van der Waals surface area contributed by atoms with Crippen LogP contribution in [0.5, 0.6) is 0 Å². The number of carboxylic acids is 1. The third kappa shape index (κ3) is 11.3. The number of carboxylic acid groups (broad SMARTS) is 1. The topological polar surface area (TPSA) is 66.4 Å². The molecule has 108 valence electrons. The van der Waals surface area contributed by atoms with E-state index in [1.807, 2.05) is 20.8 Å². The van der Waals surface area contributed by atoms with E-state index in [9.17, 15) is 9.59 Å². The minimum atomic E-state index is -0.887. The number of unbranched alkanes of at least 4 members (excludes halogenated alkanes) is 2. The van der Waals surface area contributed by atoms with E-state index in [1.165, 1.54) is 0 Å². The van der Waals surface area contributed by atoms with E-state index in [2.05, 4.69) is 11.2 Å². The smallest absolute Gasteiger partial charge is 0.305 e. The van der Waals surface area contributed by atoms with Crippen molar-refractivity contribution < 1.29 is 14.7 Å². The molecule has 0 radical (unpaired) electrons. The molecule has 4 nitrogen and oxygen atoms in total. The summed E-state index contributed by atoms with van der Waals surface area (Å²) in [5, 5.41) is 11.7. The average Bonchev–Trinajstić information content (AvgIpc) is 2.20. The first-order valence-corrected chi connectivity index (χ1v) is 6.69. The Bertz CT molecular complexity index is 336.